The minimum absolute atomic E-state index is 0.355. The second-order valence-electron chi connectivity index (χ2n) is 4.00. The fourth-order valence-electron chi connectivity index (χ4n) is 1.84. The summed E-state index contributed by atoms with van der Waals surface area (Å²) in [6, 6.07) is 5.05. The third kappa shape index (κ3) is 1.88. The van der Waals surface area contributed by atoms with Crippen molar-refractivity contribution in [2.24, 2.45) is 5.73 Å². The number of rotatable bonds is 2. The highest BCUT2D eigenvalue weighted by molar-refractivity contribution is 9.10. The second kappa shape index (κ2) is 4.45. The van der Waals surface area contributed by atoms with Gasteiger partial charge in [0.15, 0.2) is 0 Å². The number of hydrogen-bond acceptors (Lipinski definition) is 3. The molecule has 1 amide bonds. The third-order valence-electron chi connectivity index (χ3n) is 2.75. The third-order valence-corrected chi connectivity index (χ3v) is 3.90. The first-order valence-corrected chi connectivity index (χ1v) is 6.13. The Balaban J connectivity index is 2.78. The predicted molar refractivity (Wildman–Crippen MR) is 73.7 cm³/mol. The first-order chi connectivity index (χ1) is 8.43. The Labute approximate surface area is 113 Å². The van der Waals surface area contributed by atoms with Gasteiger partial charge in [-0.3, -0.25) is 4.79 Å². The van der Waals surface area contributed by atoms with Crippen LogP contribution in [-0.4, -0.2) is 15.7 Å². The number of carbonyl (C=O) groups excluding carboxylic acids is 1. The number of para-hydroxylation sites is 1. The fourth-order valence-corrected chi connectivity index (χ4v) is 2.09. The van der Waals surface area contributed by atoms with Gasteiger partial charge in [-0.2, -0.15) is 5.10 Å². The lowest BCUT2D eigenvalue weighted by molar-refractivity contribution is 0.1000. The van der Waals surface area contributed by atoms with Gasteiger partial charge in [0.1, 0.15) is 5.69 Å². The van der Waals surface area contributed by atoms with Gasteiger partial charge in [-0.15, -0.1) is 0 Å². The van der Waals surface area contributed by atoms with Gasteiger partial charge >= 0.3 is 0 Å². The minimum Gasteiger partial charge on any atom is -0.397 e. The Morgan fingerprint density at radius 2 is 2.06 bits per heavy atom. The molecule has 1 aromatic carbocycles. The van der Waals surface area contributed by atoms with Gasteiger partial charge in [-0.1, -0.05) is 6.07 Å². The molecule has 0 saturated heterocycles. The molecule has 1 heterocycles. The first-order valence-electron chi connectivity index (χ1n) is 5.34. The molecule has 6 heteroatoms. The fraction of sp³-hybridized carbons (Fsp3) is 0.167. The number of hydrogen-bond donors (Lipinski definition) is 2. The summed E-state index contributed by atoms with van der Waals surface area (Å²) < 4.78 is 2.52. The monoisotopic (exact) mass is 308 g/mol. The van der Waals surface area contributed by atoms with Crippen LogP contribution < -0.4 is 11.5 Å². The van der Waals surface area contributed by atoms with E-state index in [2.05, 4.69) is 21.0 Å². The summed E-state index contributed by atoms with van der Waals surface area (Å²) in [6.45, 7) is 3.76. The Hall–Kier alpha value is -1.82. The highest BCUT2D eigenvalue weighted by Gasteiger charge is 2.18. The van der Waals surface area contributed by atoms with Crippen molar-refractivity contribution in [2.75, 3.05) is 5.73 Å². The number of primary amides is 1. The van der Waals surface area contributed by atoms with E-state index in [1.807, 2.05) is 13.8 Å². The lowest BCUT2D eigenvalue weighted by Crippen LogP contribution is -2.17. The van der Waals surface area contributed by atoms with Crippen LogP contribution in [0.25, 0.3) is 5.69 Å². The van der Waals surface area contributed by atoms with Crippen molar-refractivity contribution in [3.63, 3.8) is 0 Å². The van der Waals surface area contributed by atoms with Crippen molar-refractivity contribution in [1.29, 1.82) is 0 Å². The Bertz CT molecular complexity index is 633. The normalized spacial score (nSPS) is 10.6. The van der Waals surface area contributed by atoms with Gasteiger partial charge in [0.25, 0.3) is 5.91 Å². The molecule has 0 saturated carbocycles. The molecule has 0 radical (unpaired) electrons. The Morgan fingerprint density at radius 1 is 1.39 bits per heavy atom. The molecule has 0 aliphatic carbocycles. The Morgan fingerprint density at radius 3 is 2.56 bits per heavy atom. The molecule has 4 N–H and O–H groups in total. The number of anilines is 1. The number of nitrogens with two attached hydrogens (primary N) is 2. The topological polar surface area (TPSA) is 86.9 Å². The summed E-state index contributed by atoms with van der Waals surface area (Å²) in [5.41, 5.74) is 14.3. The van der Waals surface area contributed by atoms with Crippen LogP contribution in [0.5, 0.6) is 0 Å². The molecule has 0 atom stereocenters. The van der Waals surface area contributed by atoms with Gasteiger partial charge in [0.2, 0.25) is 0 Å². The highest BCUT2D eigenvalue weighted by Crippen LogP contribution is 2.27. The average Bonchev–Trinajstić information content (AvgIpc) is 2.56. The van der Waals surface area contributed by atoms with E-state index in [1.165, 1.54) is 0 Å². The maximum atomic E-state index is 11.5. The lowest BCUT2D eigenvalue weighted by Gasteiger charge is -2.11. The molecule has 0 spiro atoms. The quantitative estimate of drug-likeness (QED) is 0.831. The average molecular weight is 309 g/mol. The van der Waals surface area contributed by atoms with E-state index in [0.29, 0.717) is 16.9 Å². The van der Waals surface area contributed by atoms with Crippen molar-refractivity contribution in [1.82, 2.24) is 9.78 Å². The largest absolute Gasteiger partial charge is 0.397 e. The summed E-state index contributed by atoms with van der Waals surface area (Å²) in [6.07, 6.45) is 0. The molecule has 18 heavy (non-hydrogen) atoms. The van der Waals surface area contributed by atoms with Crippen LogP contribution in [0.15, 0.2) is 22.7 Å². The molecule has 94 valence electrons. The molecular weight excluding hydrogens is 296 g/mol. The van der Waals surface area contributed by atoms with Crippen LogP contribution in [0.2, 0.25) is 0 Å². The zero-order valence-corrected chi connectivity index (χ0v) is 11.7. The van der Waals surface area contributed by atoms with E-state index in [-0.39, 0.29) is 0 Å². The van der Waals surface area contributed by atoms with E-state index in [1.54, 1.807) is 22.9 Å². The van der Waals surface area contributed by atoms with Crippen molar-refractivity contribution in [3.8, 4) is 5.69 Å². The standard InChI is InChI=1S/C12H13BrN4O/c1-6-10(13)7(2)17(16-6)11-8(12(15)18)4-3-5-9(11)14/h3-5H,14H2,1-2H3,(H2,15,18). The maximum absolute atomic E-state index is 11.5. The molecule has 0 fully saturated rings. The van der Waals surface area contributed by atoms with Crippen LogP contribution in [0.3, 0.4) is 0 Å². The van der Waals surface area contributed by atoms with Crippen LogP contribution in [0.4, 0.5) is 5.69 Å². The van der Waals surface area contributed by atoms with Gasteiger partial charge in [-0.05, 0) is 41.9 Å². The molecule has 0 bridgehead atoms. The number of carbonyl (C=O) groups is 1. The van der Waals surface area contributed by atoms with Gasteiger partial charge in [-0.25, -0.2) is 4.68 Å². The highest BCUT2D eigenvalue weighted by atomic mass is 79.9. The molecule has 5 nitrogen and oxygen atoms in total. The number of aryl methyl sites for hydroxylation is 1. The molecule has 2 rings (SSSR count). The van der Waals surface area contributed by atoms with Crippen molar-refractivity contribution in [3.05, 3.63) is 39.6 Å². The summed E-state index contributed by atoms with van der Waals surface area (Å²) in [5, 5.41) is 4.37. The van der Waals surface area contributed by atoms with E-state index in [0.717, 1.165) is 15.9 Å². The summed E-state index contributed by atoms with van der Waals surface area (Å²) in [7, 11) is 0. The van der Waals surface area contributed by atoms with Gasteiger partial charge in [0.05, 0.1) is 27.1 Å². The second-order valence-corrected chi connectivity index (χ2v) is 4.80. The first kappa shape index (κ1) is 12.6. The smallest absolute Gasteiger partial charge is 0.250 e. The molecule has 0 unspecified atom stereocenters. The van der Waals surface area contributed by atoms with Crippen LogP contribution in [0.1, 0.15) is 21.7 Å². The molecule has 1 aromatic heterocycles. The zero-order valence-electron chi connectivity index (χ0n) is 10.1. The summed E-state index contributed by atoms with van der Waals surface area (Å²) in [4.78, 5) is 11.5. The predicted octanol–water partition coefficient (Wildman–Crippen LogP) is 1.93. The molecule has 2 aromatic rings. The van der Waals surface area contributed by atoms with Gasteiger partial charge < -0.3 is 11.5 Å². The number of benzene rings is 1. The molecule has 0 aliphatic rings. The van der Waals surface area contributed by atoms with Crippen molar-refractivity contribution in [2.45, 2.75) is 13.8 Å². The van der Waals surface area contributed by atoms with E-state index in [4.69, 9.17) is 11.5 Å². The SMILES string of the molecule is Cc1nn(-c2c(N)cccc2C(N)=O)c(C)c1Br. The van der Waals surface area contributed by atoms with Crippen LogP contribution in [-0.2, 0) is 0 Å². The Kier molecular flexibility index (Phi) is 3.13. The minimum atomic E-state index is -0.527. The maximum Gasteiger partial charge on any atom is 0.250 e. The number of nitrogens with zero attached hydrogens (tertiary/aromatic N) is 2. The number of halogens is 1. The zero-order chi connectivity index (χ0) is 13.4. The van der Waals surface area contributed by atoms with E-state index >= 15 is 0 Å². The molecule has 0 aliphatic heterocycles. The van der Waals surface area contributed by atoms with E-state index in [9.17, 15) is 4.79 Å². The van der Waals surface area contributed by atoms with Crippen molar-refractivity contribution < 1.29 is 4.79 Å². The number of amides is 1. The van der Waals surface area contributed by atoms with Crippen LogP contribution in [0, 0.1) is 13.8 Å². The number of aromatic nitrogens is 2. The van der Waals surface area contributed by atoms with Crippen molar-refractivity contribution >= 4 is 27.5 Å². The lowest BCUT2D eigenvalue weighted by atomic mass is 10.1. The van der Waals surface area contributed by atoms with Crippen LogP contribution >= 0.6 is 15.9 Å². The summed E-state index contributed by atoms with van der Waals surface area (Å²) >= 11 is 3.44. The molecular formula is C12H13BrN4O. The number of nitrogen functional groups attached to an aromatic ring is 1. The van der Waals surface area contributed by atoms with E-state index < -0.39 is 5.91 Å². The summed E-state index contributed by atoms with van der Waals surface area (Å²) in [5.74, 6) is -0.527. The van der Waals surface area contributed by atoms with Gasteiger partial charge in [0, 0.05) is 0 Å².